The number of nitrogens with zero attached hydrogens (tertiary/aromatic N) is 3. The van der Waals surface area contributed by atoms with Crippen molar-refractivity contribution in [1.29, 1.82) is 0 Å². The third-order valence-electron chi connectivity index (χ3n) is 4.68. The van der Waals surface area contributed by atoms with E-state index in [1.807, 2.05) is 12.1 Å². The largest absolute Gasteiger partial charge is 0.497 e. The average molecular weight is 420 g/mol. The lowest BCUT2D eigenvalue weighted by Gasteiger charge is -2.10. The molecule has 1 aromatic heterocycles. The lowest BCUT2D eigenvalue weighted by molar-refractivity contribution is -0.123. The molecule has 1 aliphatic rings. The fraction of sp³-hybridized carbons (Fsp3) is 0.190. The first-order valence-electron chi connectivity index (χ1n) is 9.52. The maximum Gasteiger partial charge on any atom is 0.252 e. The molecule has 2 aromatic carbocycles. The van der Waals surface area contributed by atoms with Crippen LogP contribution in [-0.2, 0) is 14.4 Å². The number of ether oxygens (including phenoxy) is 1. The number of amides is 3. The summed E-state index contributed by atoms with van der Waals surface area (Å²) < 4.78 is 6.58. The summed E-state index contributed by atoms with van der Waals surface area (Å²) in [6.45, 7) is 1.42. The van der Waals surface area contributed by atoms with Crippen LogP contribution in [-0.4, -0.2) is 39.6 Å². The number of aromatic nitrogens is 3. The smallest absolute Gasteiger partial charge is 0.252 e. The van der Waals surface area contributed by atoms with E-state index in [0.29, 0.717) is 28.9 Å². The summed E-state index contributed by atoms with van der Waals surface area (Å²) in [4.78, 5) is 40.2. The van der Waals surface area contributed by atoms with Crippen molar-refractivity contribution in [2.45, 2.75) is 19.4 Å². The molecule has 10 nitrogen and oxygen atoms in total. The summed E-state index contributed by atoms with van der Waals surface area (Å²) in [6.07, 6.45) is -0.0995. The van der Waals surface area contributed by atoms with Crippen LogP contribution in [0.1, 0.15) is 19.4 Å². The van der Waals surface area contributed by atoms with Gasteiger partial charge >= 0.3 is 0 Å². The predicted octanol–water partition coefficient (Wildman–Crippen LogP) is 2.43. The highest BCUT2D eigenvalue weighted by molar-refractivity contribution is 6.01. The number of hydrogen-bond donors (Lipinski definition) is 3. The second-order valence-electron chi connectivity index (χ2n) is 6.95. The van der Waals surface area contributed by atoms with Crippen molar-refractivity contribution in [3.8, 4) is 17.1 Å². The van der Waals surface area contributed by atoms with E-state index in [0.717, 1.165) is 5.56 Å². The van der Waals surface area contributed by atoms with Gasteiger partial charge in [-0.05, 0) is 48.5 Å². The highest BCUT2D eigenvalue weighted by atomic mass is 16.5. The first-order valence-corrected chi connectivity index (χ1v) is 9.52. The zero-order chi connectivity index (χ0) is 22.0. The van der Waals surface area contributed by atoms with Crippen LogP contribution in [0.15, 0.2) is 48.5 Å². The summed E-state index contributed by atoms with van der Waals surface area (Å²) >= 11 is 0. The maximum atomic E-state index is 12.5. The molecule has 0 radical (unpaired) electrons. The molecule has 0 aliphatic carbocycles. The number of hydrogen-bond acceptors (Lipinski definition) is 6. The Hall–Kier alpha value is -4.21. The predicted molar refractivity (Wildman–Crippen MR) is 114 cm³/mol. The Morgan fingerprint density at radius 2 is 1.71 bits per heavy atom. The molecule has 31 heavy (non-hydrogen) atoms. The third kappa shape index (κ3) is 4.37. The molecule has 0 saturated carbocycles. The summed E-state index contributed by atoms with van der Waals surface area (Å²) in [6, 6.07) is 13.1. The lowest BCUT2D eigenvalue weighted by Crippen LogP contribution is -2.23. The molecule has 2 heterocycles. The van der Waals surface area contributed by atoms with Crippen molar-refractivity contribution >= 4 is 35.0 Å². The van der Waals surface area contributed by atoms with E-state index in [-0.39, 0.29) is 24.1 Å². The van der Waals surface area contributed by atoms with Crippen LogP contribution >= 0.6 is 0 Å². The molecule has 1 aliphatic heterocycles. The molecule has 0 fully saturated rings. The van der Waals surface area contributed by atoms with Gasteiger partial charge in [0.05, 0.1) is 13.5 Å². The molecule has 3 N–H and O–H groups in total. The summed E-state index contributed by atoms with van der Waals surface area (Å²) in [5.74, 6) is 0.587. The normalized spacial score (nSPS) is 14.5. The number of nitrogens with one attached hydrogen (secondary N) is 3. The molecule has 3 amide bonds. The Morgan fingerprint density at radius 1 is 1.06 bits per heavy atom. The van der Waals surface area contributed by atoms with Gasteiger partial charge in [0.2, 0.25) is 17.8 Å². The maximum absolute atomic E-state index is 12.5. The monoisotopic (exact) mass is 420 g/mol. The van der Waals surface area contributed by atoms with Crippen molar-refractivity contribution in [3.05, 3.63) is 48.5 Å². The van der Waals surface area contributed by atoms with E-state index in [1.165, 1.54) is 11.6 Å². The molecule has 10 heteroatoms. The van der Waals surface area contributed by atoms with E-state index >= 15 is 0 Å². The molecular formula is C21H20N6O4. The van der Waals surface area contributed by atoms with Crippen LogP contribution in [0.25, 0.3) is 11.4 Å². The fourth-order valence-corrected chi connectivity index (χ4v) is 3.20. The van der Waals surface area contributed by atoms with Gasteiger partial charge in [0.15, 0.2) is 5.82 Å². The Morgan fingerprint density at radius 3 is 2.32 bits per heavy atom. The Kier molecular flexibility index (Phi) is 5.35. The second kappa shape index (κ2) is 8.27. The minimum atomic E-state index is -0.798. The quantitative estimate of drug-likeness (QED) is 0.562. The SMILES string of the molecule is COc1ccc(-c2nc3n(n2)[C@H](CC(=O)Nc2ccc(NC(C)=O)cc2)C(=O)N3)cc1. The standard InChI is InChI=1S/C21H20N6O4/c1-12(28)22-14-5-7-15(8-6-14)23-18(29)11-17-20(30)25-21-24-19(26-27(17)21)13-3-9-16(31-2)10-4-13/h3-10,17H,11H2,1-2H3,(H,22,28)(H,23,29)(H,24,25,26,30)/t17-/m1/s1. The lowest BCUT2D eigenvalue weighted by atomic mass is 10.2. The number of carbonyl (C=O) groups is 3. The molecule has 158 valence electrons. The Labute approximate surface area is 177 Å². The second-order valence-corrected chi connectivity index (χ2v) is 6.95. The number of fused-ring (bicyclic) bond motifs is 1. The molecule has 0 unspecified atom stereocenters. The number of methoxy groups -OCH3 is 1. The first kappa shape index (κ1) is 20.1. The zero-order valence-electron chi connectivity index (χ0n) is 16.9. The van der Waals surface area contributed by atoms with Crippen LogP contribution in [0.5, 0.6) is 5.75 Å². The van der Waals surface area contributed by atoms with Gasteiger partial charge in [-0.15, -0.1) is 5.10 Å². The van der Waals surface area contributed by atoms with Gasteiger partial charge in [-0.1, -0.05) is 0 Å². The van der Waals surface area contributed by atoms with Crippen molar-refractivity contribution in [2.24, 2.45) is 0 Å². The highest BCUT2D eigenvalue weighted by Gasteiger charge is 2.35. The average Bonchev–Trinajstić information content (AvgIpc) is 3.28. The topological polar surface area (TPSA) is 127 Å². The number of benzene rings is 2. The molecule has 4 rings (SSSR count). The Balaban J connectivity index is 1.44. The van der Waals surface area contributed by atoms with Crippen molar-refractivity contribution in [1.82, 2.24) is 14.8 Å². The van der Waals surface area contributed by atoms with Gasteiger partial charge in [0, 0.05) is 23.9 Å². The summed E-state index contributed by atoms with van der Waals surface area (Å²) in [5.41, 5.74) is 1.94. The van der Waals surface area contributed by atoms with Crippen LogP contribution in [0.3, 0.4) is 0 Å². The first-order chi connectivity index (χ1) is 14.9. The van der Waals surface area contributed by atoms with Crippen LogP contribution < -0.4 is 20.7 Å². The molecule has 3 aromatic rings. The minimum Gasteiger partial charge on any atom is -0.497 e. The molecule has 0 saturated heterocycles. The van der Waals surface area contributed by atoms with Gasteiger partial charge in [-0.25, -0.2) is 4.68 Å². The zero-order valence-corrected chi connectivity index (χ0v) is 16.9. The van der Waals surface area contributed by atoms with Crippen molar-refractivity contribution < 1.29 is 19.1 Å². The highest BCUT2D eigenvalue weighted by Crippen LogP contribution is 2.29. The number of anilines is 3. The minimum absolute atomic E-state index is 0.0995. The van der Waals surface area contributed by atoms with Crippen LogP contribution in [0.4, 0.5) is 17.3 Å². The van der Waals surface area contributed by atoms with Gasteiger partial charge in [0.1, 0.15) is 11.8 Å². The van der Waals surface area contributed by atoms with Crippen LogP contribution in [0, 0.1) is 0 Å². The molecule has 0 spiro atoms. The number of carbonyl (C=O) groups excluding carboxylic acids is 3. The third-order valence-corrected chi connectivity index (χ3v) is 4.68. The Bertz CT molecular complexity index is 1140. The summed E-state index contributed by atoms with van der Waals surface area (Å²) in [5, 5.41) is 12.5. The van der Waals surface area contributed by atoms with E-state index in [2.05, 4.69) is 26.0 Å². The van der Waals surface area contributed by atoms with E-state index in [1.54, 1.807) is 43.5 Å². The number of rotatable bonds is 6. The molecule has 0 bridgehead atoms. The molecular weight excluding hydrogens is 400 g/mol. The van der Waals surface area contributed by atoms with Crippen LogP contribution in [0.2, 0.25) is 0 Å². The fourth-order valence-electron chi connectivity index (χ4n) is 3.20. The molecule has 1 atom stereocenters. The van der Waals surface area contributed by atoms with E-state index in [9.17, 15) is 14.4 Å². The summed E-state index contributed by atoms with van der Waals surface area (Å²) in [7, 11) is 1.58. The van der Waals surface area contributed by atoms with E-state index in [4.69, 9.17) is 4.74 Å². The van der Waals surface area contributed by atoms with Gasteiger partial charge < -0.3 is 15.4 Å². The van der Waals surface area contributed by atoms with Crippen molar-refractivity contribution in [3.63, 3.8) is 0 Å². The van der Waals surface area contributed by atoms with Crippen molar-refractivity contribution in [2.75, 3.05) is 23.1 Å². The van der Waals surface area contributed by atoms with E-state index < -0.39 is 6.04 Å². The van der Waals surface area contributed by atoms with Gasteiger partial charge in [0.25, 0.3) is 5.91 Å². The van der Waals surface area contributed by atoms with Gasteiger partial charge in [-0.3, -0.25) is 19.7 Å². The van der Waals surface area contributed by atoms with Gasteiger partial charge in [-0.2, -0.15) is 4.98 Å².